The van der Waals surface area contributed by atoms with Crippen molar-refractivity contribution < 1.29 is 4.79 Å². The summed E-state index contributed by atoms with van der Waals surface area (Å²) in [5.74, 6) is 1.10. The number of nitrogens with one attached hydrogen (secondary N) is 2. The lowest BCUT2D eigenvalue weighted by atomic mass is 10.2. The zero-order valence-corrected chi connectivity index (χ0v) is 11.5. The van der Waals surface area contributed by atoms with Crippen molar-refractivity contribution in [3.05, 3.63) is 39.7 Å². The van der Waals surface area contributed by atoms with Crippen molar-refractivity contribution in [1.82, 2.24) is 10.2 Å². The van der Waals surface area contributed by atoms with Gasteiger partial charge < -0.3 is 5.32 Å². The first-order valence-corrected chi connectivity index (χ1v) is 7.19. The van der Waals surface area contributed by atoms with Crippen molar-refractivity contribution in [3.63, 3.8) is 0 Å². The van der Waals surface area contributed by atoms with E-state index in [2.05, 4.69) is 15.5 Å². The van der Waals surface area contributed by atoms with Gasteiger partial charge in [0.25, 0.3) is 0 Å². The highest BCUT2D eigenvalue weighted by molar-refractivity contribution is 7.10. The first-order valence-electron chi connectivity index (χ1n) is 6.31. The number of nitrogens with zero attached hydrogens (tertiary/aromatic N) is 1. The second kappa shape index (κ2) is 5.01. The summed E-state index contributed by atoms with van der Waals surface area (Å²) in [6, 6.07) is 3.93. The van der Waals surface area contributed by atoms with Gasteiger partial charge >= 0.3 is 0 Å². The van der Waals surface area contributed by atoms with Crippen molar-refractivity contribution in [1.29, 1.82) is 0 Å². The molecule has 0 spiro atoms. The average molecular weight is 273 g/mol. The number of hydrogen-bond acceptors (Lipinski definition) is 3. The standard InChI is InChI=1S/C14H15N3OS/c1-9-13(10-4-5-10)16-17-14(9)15-12(18)7-6-11-3-2-8-19-11/h2-3,6-8,10H,4-5H2,1H3,(H2,15,16,17,18)/b7-6+. The lowest BCUT2D eigenvalue weighted by molar-refractivity contribution is -0.111. The van der Waals surface area contributed by atoms with Gasteiger partial charge in [-0.05, 0) is 37.3 Å². The van der Waals surface area contributed by atoms with Crippen molar-refractivity contribution in [3.8, 4) is 0 Å². The third-order valence-electron chi connectivity index (χ3n) is 3.22. The maximum absolute atomic E-state index is 11.8. The summed E-state index contributed by atoms with van der Waals surface area (Å²) < 4.78 is 0. The molecule has 2 N–H and O–H groups in total. The molecule has 4 nitrogen and oxygen atoms in total. The second-order valence-corrected chi connectivity index (χ2v) is 5.70. The van der Waals surface area contributed by atoms with Gasteiger partial charge in [0.15, 0.2) is 5.82 Å². The van der Waals surface area contributed by atoms with Crippen molar-refractivity contribution >= 4 is 29.1 Å². The van der Waals surface area contributed by atoms with Crippen molar-refractivity contribution in [2.24, 2.45) is 0 Å². The smallest absolute Gasteiger partial charge is 0.249 e. The normalized spacial score (nSPS) is 15.0. The number of aromatic amines is 1. The topological polar surface area (TPSA) is 57.8 Å². The van der Waals surface area contributed by atoms with E-state index in [-0.39, 0.29) is 5.91 Å². The van der Waals surface area contributed by atoms with Crippen LogP contribution in [0.15, 0.2) is 23.6 Å². The first kappa shape index (κ1) is 12.2. The van der Waals surface area contributed by atoms with Crippen molar-refractivity contribution in [2.75, 3.05) is 5.32 Å². The van der Waals surface area contributed by atoms with Gasteiger partial charge in [-0.2, -0.15) is 5.10 Å². The molecule has 1 aliphatic rings. The summed E-state index contributed by atoms with van der Waals surface area (Å²) >= 11 is 1.60. The number of rotatable bonds is 4. The van der Waals surface area contributed by atoms with E-state index < -0.39 is 0 Å². The molecule has 0 saturated heterocycles. The highest BCUT2D eigenvalue weighted by atomic mass is 32.1. The summed E-state index contributed by atoms with van der Waals surface area (Å²) in [4.78, 5) is 12.9. The van der Waals surface area contributed by atoms with Crippen LogP contribution in [0, 0.1) is 6.92 Å². The van der Waals surface area contributed by atoms with Crippen LogP contribution in [0.5, 0.6) is 0 Å². The fourth-order valence-corrected chi connectivity index (χ4v) is 2.62. The van der Waals surface area contributed by atoms with Crippen LogP contribution in [0.4, 0.5) is 5.82 Å². The Bertz CT molecular complexity index is 609. The van der Waals surface area contributed by atoms with Gasteiger partial charge in [0, 0.05) is 28.1 Å². The van der Waals surface area contributed by atoms with Gasteiger partial charge in [-0.1, -0.05) is 6.07 Å². The van der Waals surface area contributed by atoms with E-state index in [9.17, 15) is 4.79 Å². The molecule has 3 rings (SSSR count). The summed E-state index contributed by atoms with van der Waals surface area (Å²) in [6.07, 6.45) is 5.78. The minimum Gasteiger partial charge on any atom is -0.305 e. The maximum Gasteiger partial charge on any atom is 0.249 e. The number of carbonyl (C=O) groups excluding carboxylic acids is 1. The van der Waals surface area contributed by atoms with E-state index in [4.69, 9.17) is 0 Å². The summed E-state index contributed by atoms with van der Waals surface area (Å²) in [6.45, 7) is 2.00. The molecule has 1 fully saturated rings. The number of carbonyl (C=O) groups is 1. The largest absolute Gasteiger partial charge is 0.305 e. The predicted octanol–water partition coefficient (Wildman–Crippen LogP) is 3.31. The molecule has 5 heteroatoms. The van der Waals surface area contributed by atoms with E-state index in [0.29, 0.717) is 11.7 Å². The van der Waals surface area contributed by atoms with Crippen LogP contribution in [0.3, 0.4) is 0 Å². The van der Waals surface area contributed by atoms with Crippen LogP contribution in [0.1, 0.15) is 34.9 Å². The molecule has 98 valence electrons. The number of amides is 1. The van der Waals surface area contributed by atoms with Crippen LogP contribution < -0.4 is 5.32 Å². The number of thiophene rings is 1. The molecular formula is C14H15N3OS. The summed E-state index contributed by atoms with van der Waals surface area (Å²) in [5, 5.41) is 12.0. The van der Waals surface area contributed by atoms with E-state index >= 15 is 0 Å². The molecule has 1 aliphatic carbocycles. The average Bonchev–Trinajstić information content (AvgIpc) is 2.98. The fraction of sp³-hybridized carbons (Fsp3) is 0.286. The Morgan fingerprint density at radius 2 is 2.42 bits per heavy atom. The van der Waals surface area contributed by atoms with E-state index in [1.807, 2.05) is 30.5 Å². The SMILES string of the molecule is Cc1c(NC(=O)/C=C/c2cccs2)n[nH]c1C1CC1. The van der Waals surface area contributed by atoms with Gasteiger partial charge in [-0.3, -0.25) is 9.89 Å². The van der Waals surface area contributed by atoms with E-state index in [1.54, 1.807) is 11.3 Å². The van der Waals surface area contributed by atoms with Gasteiger partial charge in [0.1, 0.15) is 0 Å². The highest BCUT2D eigenvalue weighted by Gasteiger charge is 2.28. The number of anilines is 1. The van der Waals surface area contributed by atoms with Crippen LogP contribution in [0.25, 0.3) is 6.08 Å². The summed E-state index contributed by atoms with van der Waals surface area (Å²) in [5.41, 5.74) is 2.22. The van der Waals surface area contributed by atoms with Gasteiger partial charge in [-0.25, -0.2) is 0 Å². The van der Waals surface area contributed by atoms with Crippen LogP contribution >= 0.6 is 11.3 Å². The molecular weight excluding hydrogens is 258 g/mol. The minimum absolute atomic E-state index is 0.148. The Balaban J connectivity index is 1.66. The monoisotopic (exact) mass is 273 g/mol. The maximum atomic E-state index is 11.8. The van der Waals surface area contributed by atoms with Gasteiger partial charge in [0.2, 0.25) is 5.91 Å². The first-order chi connectivity index (χ1) is 9.24. The molecule has 0 unspecified atom stereocenters. The van der Waals surface area contributed by atoms with Crippen LogP contribution in [0.2, 0.25) is 0 Å². The third kappa shape index (κ3) is 2.76. The van der Waals surface area contributed by atoms with Gasteiger partial charge in [0.05, 0.1) is 0 Å². The Labute approximate surface area is 115 Å². The van der Waals surface area contributed by atoms with Crippen molar-refractivity contribution in [2.45, 2.75) is 25.7 Å². The Hall–Kier alpha value is -1.88. The zero-order valence-electron chi connectivity index (χ0n) is 10.6. The number of hydrogen-bond donors (Lipinski definition) is 2. The van der Waals surface area contributed by atoms with E-state index in [0.717, 1.165) is 16.1 Å². The molecule has 19 heavy (non-hydrogen) atoms. The molecule has 0 aromatic carbocycles. The fourth-order valence-electron chi connectivity index (χ4n) is 2.00. The Morgan fingerprint density at radius 1 is 1.58 bits per heavy atom. The zero-order chi connectivity index (χ0) is 13.2. The summed E-state index contributed by atoms with van der Waals surface area (Å²) in [7, 11) is 0. The molecule has 0 radical (unpaired) electrons. The molecule has 2 aromatic heterocycles. The molecule has 0 atom stereocenters. The second-order valence-electron chi connectivity index (χ2n) is 4.72. The Kier molecular flexibility index (Phi) is 3.21. The van der Waals surface area contributed by atoms with Crippen LogP contribution in [-0.2, 0) is 4.79 Å². The highest BCUT2D eigenvalue weighted by Crippen LogP contribution is 2.41. The molecule has 0 aliphatic heterocycles. The molecule has 1 saturated carbocycles. The Morgan fingerprint density at radius 3 is 3.11 bits per heavy atom. The quantitative estimate of drug-likeness (QED) is 0.840. The van der Waals surface area contributed by atoms with Crippen LogP contribution in [-0.4, -0.2) is 16.1 Å². The molecule has 2 aromatic rings. The number of aromatic nitrogens is 2. The molecule has 0 bridgehead atoms. The predicted molar refractivity (Wildman–Crippen MR) is 77.3 cm³/mol. The lowest BCUT2D eigenvalue weighted by Crippen LogP contribution is -2.09. The lowest BCUT2D eigenvalue weighted by Gasteiger charge is -1.99. The number of H-pyrrole nitrogens is 1. The van der Waals surface area contributed by atoms with E-state index in [1.165, 1.54) is 18.9 Å². The third-order valence-corrected chi connectivity index (χ3v) is 4.05. The minimum atomic E-state index is -0.148. The molecule has 1 amide bonds. The molecule has 2 heterocycles. The van der Waals surface area contributed by atoms with Gasteiger partial charge in [-0.15, -0.1) is 11.3 Å².